The topological polar surface area (TPSA) is 65.1 Å². The molecule has 2 aromatic carbocycles. The zero-order chi connectivity index (χ0) is 20.8. The van der Waals surface area contributed by atoms with Crippen molar-refractivity contribution < 1.29 is 23.8 Å². The standard InChI is InChI=1S/C23H27NO5/c1-16-4-9-21(12-17(16)2)28-15-23(26)29-14-22(25)24(19-7-8-19)13-18-5-10-20(27-3)11-6-18/h4-6,9-12,19H,7-8,13-15H2,1-3H3. The smallest absolute Gasteiger partial charge is 0.344 e. The molecule has 154 valence electrons. The summed E-state index contributed by atoms with van der Waals surface area (Å²) >= 11 is 0. The minimum absolute atomic E-state index is 0.192. The third-order valence-corrected chi connectivity index (χ3v) is 5.01. The Morgan fingerprint density at radius 2 is 1.66 bits per heavy atom. The van der Waals surface area contributed by atoms with Gasteiger partial charge in [-0.1, -0.05) is 18.2 Å². The van der Waals surface area contributed by atoms with Crippen LogP contribution >= 0.6 is 0 Å². The zero-order valence-corrected chi connectivity index (χ0v) is 17.1. The highest BCUT2D eigenvalue weighted by atomic mass is 16.6. The van der Waals surface area contributed by atoms with Gasteiger partial charge in [-0.2, -0.15) is 0 Å². The van der Waals surface area contributed by atoms with E-state index in [1.165, 1.54) is 0 Å². The predicted octanol–water partition coefficient (Wildman–Crippen LogP) is 3.43. The minimum atomic E-state index is -0.559. The number of amides is 1. The fourth-order valence-electron chi connectivity index (χ4n) is 2.95. The molecule has 3 rings (SSSR count). The Hall–Kier alpha value is -3.02. The van der Waals surface area contributed by atoms with Crippen molar-refractivity contribution in [2.45, 2.75) is 39.3 Å². The van der Waals surface area contributed by atoms with Crippen molar-refractivity contribution >= 4 is 11.9 Å². The Labute approximate surface area is 171 Å². The molecule has 29 heavy (non-hydrogen) atoms. The molecule has 0 unspecified atom stereocenters. The van der Waals surface area contributed by atoms with Crippen LogP contribution < -0.4 is 9.47 Å². The van der Waals surface area contributed by atoms with Crippen molar-refractivity contribution in [3.8, 4) is 11.5 Å². The second kappa shape index (κ2) is 9.45. The van der Waals surface area contributed by atoms with E-state index < -0.39 is 5.97 Å². The SMILES string of the molecule is COc1ccc(CN(C(=O)COC(=O)COc2ccc(C)c(C)c2)C2CC2)cc1. The molecule has 0 N–H and O–H groups in total. The Balaban J connectivity index is 1.48. The number of carbonyl (C=O) groups is 2. The number of benzene rings is 2. The number of methoxy groups -OCH3 is 1. The first-order chi connectivity index (χ1) is 14.0. The average Bonchev–Trinajstić information content (AvgIpc) is 3.56. The number of hydrogen-bond donors (Lipinski definition) is 0. The highest BCUT2D eigenvalue weighted by Crippen LogP contribution is 2.29. The zero-order valence-electron chi connectivity index (χ0n) is 17.1. The lowest BCUT2D eigenvalue weighted by Gasteiger charge is -2.22. The summed E-state index contributed by atoms with van der Waals surface area (Å²) < 4.78 is 15.8. The number of ether oxygens (including phenoxy) is 3. The second-order valence-electron chi connectivity index (χ2n) is 7.30. The van der Waals surface area contributed by atoms with Crippen molar-refractivity contribution in [1.29, 1.82) is 0 Å². The molecule has 1 amide bonds. The van der Waals surface area contributed by atoms with Crippen molar-refractivity contribution in [1.82, 2.24) is 4.90 Å². The summed E-state index contributed by atoms with van der Waals surface area (Å²) in [5, 5.41) is 0. The molecule has 1 fully saturated rings. The monoisotopic (exact) mass is 397 g/mol. The van der Waals surface area contributed by atoms with Gasteiger partial charge >= 0.3 is 5.97 Å². The molecule has 0 bridgehead atoms. The van der Waals surface area contributed by atoms with E-state index in [4.69, 9.17) is 14.2 Å². The van der Waals surface area contributed by atoms with E-state index in [1.807, 2.05) is 56.3 Å². The molecule has 6 nitrogen and oxygen atoms in total. The van der Waals surface area contributed by atoms with Crippen LogP contribution in [0.1, 0.15) is 29.5 Å². The first-order valence-electron chi connectivity index (χ1n) is 9.74. The normalized spacial score (nSPS) is 12.9. The second-order valence-corrected chi connectivity index (χ2v) is 7.30. The first kappa shape index (κ1) is 20.7. The molecule has 0 radical (unpaired) electrons. The lowest BCUT2D eigenvalue weighted by molar-refractivity contribution is -0.154. The quantitative estimate of drug-likeness (QED) is 0.607. The molecule has 0 heterocycles. The Bertz CT molecular complexity index is 858. The van der Waals surface area contributed by atoms with Gasteiger partial charge in [-0.25, -0.2) is 4.79 Å². The minimum Gasteiger partial charge on any atom is -0.497 e. The van der Waals surface area contributed by atoms with Crippen LogP contribution in [0.3, 0.4) is 0 Å². The highest BCUT2D eigenvalue weighted by Gasteiger charge is 2.32. The van der Waals surface area contributed by atoms with Gasteiger partial charge in [0.1, 0.15) is 11.5 Å². The number of carbonyl (C=O) groups excluding carboxylic acids is 2. The van der Waals surface area contributed by atoms with Crippen LogP contribution in [0.5, 0.6) is 11.5 Å². The summed E-state index contributed by atoms with van der Waals surface area (Å²) in [6.45, 7) is 3.98. The van der Waals surface area contributed by atoms with Gasteiger partial charge in [0.2, 0.25) is 0 Å². The van der Waals surface area contributed by atoms with Gasteiger partial charge in [0.25, 0.3) is 5.91 Å². The van der Waals surface area contributed by atoms with Crippen LogP contribution in [0.4, 0.5) is 0 Å². The molecule has 1 saturated carbocycles. The fraction of sp³-hybridized carbons (Fsp3) is 0.391. The van der Waals surface area contributed by atoms with Crippen molar-refractivity contribution in [2.24, 2.45) is 0 Å². The van der Waals surface area contributed by atoms with Gasteiger partial charge in [-0.05, 0) is 67.6 Å². The van der Waals surface area contributed by atoms with E-state index in [0.29, 0.717) is 12.3 Å². The van der Waals surface area contributed by atoms with E-state index in [2.05, 4.69) is 0 Å². The van der Waals surface area contributed by atoms with E-state index >= 15 is 0 Å². The molecular weight excluding hydrogens is 370 g/mol. The maximum Gasteiger partial charge on any atom is 0.344 e. The Kier molecular flexibility index (Phi) is 6.75. The maximum atomic E-state index is 12.6. The lowest BCUT2D eigenvalue weighted by atomic mass is 10.1. The molecule has 6 heteroatoms. The largest absolute Gasteiger partial charge is 0.497 e. The molecule has 1 aliphatic carbocycles. The van der Waals surface area contributed by atoms with Gasteiger partial charge in [0.15, 0.2) is 13.2 Å². The van der Waals surface area contributed by atoms with Crippen LogP contribution in [0.2, 0.25) is 0 Å². The van der Waals surface area contributed by atoms with Crippen LogP contribution in [-0.4, -0.2) is 43.1 Å². The molecule has 0 atom stereocenters. The number of hydrogen-bond acceptors (Lipinski definition) is 5. The van der Waals surface area contributed by atoms with Crippen molar-refractivity contribution in [3.05, 3.63) is 59.2 Å². The summed E-state index contributed by atoms with van der Waals surface area (Å²) in [5.74, 6) is 0.630. The van der Waals surface area contributed by atoms with E-state index in [1.54, 1.807) is 12.0 Å². The van der Waals surface area contributed by atoms with Gasteiger partial charge in [0.05, 0.1) is 7.11 Å². The summed E-state index contributed by atoms with van der Waals surface area (Å²) in [6.07, 6.45) is 1.96. The van der Waals surface area contributed by atoms with E-state index in [-0.39, 0.29) is 25.2 Å². The van der Waals surface area contributed by atoms with Gasteiger partial charge in [-0.15, -0.1) is 0 Å². The lowest BCUT2D eigenvalue weighted by Crippen LogP contribution is -2.36. The summed E-state index contributed by atoms with van der Waals surface area (Å²) in [5.41, 5.74) is 3.25. The fourth-order valence-corrected chi connectivity index (χ4v) is 2.95. The molecule has 0 spiro atoms. The van der Waals surface area contributed by atoms with Gasteiger partial charge < -0.3 is 19.1 Å². The third-order valence-electron chi connectivity index (χ3n) is 5.01. The third kappa shape index (κ3) is 5.98. The maximum absolute atomic E-state index is 12.6. The highest BCUT2D eigenvalue weighted by molar-refractivity contribution is 5.81. The number of nitrogens with zero attached hydrogens (tertiary/aromatic N) is 1. The Morgan fingerprint density at radius 1 is 0.966 bits per heavy atom. The van der Waals surface area contributed by atoms with Gasteiger partial charge in [-0.3, -0.25) is 4.79 Å². The average molecular weight is 397 g/mol. The molecule has 0 saturated heterocycles. The van der Waals surface area contributed by atoms with E-state index in [9.17, 15) is 9.59 Å². The molecule has 2 aromatic rings. The van der Waals surface area contributed by atoms with Crippen LogP contribution in [0, 0.1) is 13.8 Å². The van der Waals surface area contributed by atoms with Gasteiger partial charge in [0, 0.05) is 12.6 Å². The summed E-state index contributed by atoms with van der Waals surface area (Å²) in [7, 11) is 1.62. The number of rotatable bonds is 9. The summed E-state index contributed by atoms with van der Waals surface area (Å²) in [6, 6.07) is 13.4. The number of aryl methyl sites for hydroxylation is 2. The van der Waals surface area contributed by atoms with Crippen molar-refractivity contribution in [3.63, 3.8) is 0 Å². The van der Waals surface area contributed by atoms with E-state index in [0.717, 1.165) is 35.3 Å². The predicted molar refractivity (Wildman–Crippen MR) is 109 cm³/mol. The van der Waals surface area contributed by atoms with Crippen LogP contribution in [0.15, 0.2) is 42.5 Å². The number of esters is 1. The van der Waals surface area contributed by atoms with Crippen LogP contribution in [-0.2, 0) is 20.9 Å². The Morgan fingerprint density at radius 3 is 2.28 bits per heavy atom. The molecule has 0 aromatic heterocycles. The molecule has 0 aliphatic heterocycles. The van der Waals surface area contributed by atoms with Crippen molar-refractivity contribution in [2.75, 3.05) is 20.3 Å². The first-order valence-corrected chi connectivity index (χ1v) is 9.74. The molecule has 1 aliphatic rings. The molecular formula is C23H27NO5. The summed E-state index contributed by atoms with van der Waals surface area (Å²) in [4.78, 5) is 26.4. The van der Waals surface area contributed by atoms with Crippen LogP contribution in [0.25, 0.3) is 0 Å².